The fourth-order valence-electron chi connectivity index (χ4n) is 9.90. The number of fused-ring (bicyclic) bond motifs is 3. The van der Waals surface area contributed by atoms with E-state index in [0.29, 0.717) is 130 Å². The van der Waals surface area contributed by atoms with Crippen LogP contribution in [0.1, 0.15) is 106 Å². The Morgan fingerprint density at radius 3 is 1.52 bits per heavy atom. The van der Waals surface area contributed by atoms with E-state index >= 15 is 0 Å². The van der Waals surface area contributed by atoms with Crippen LogP contribution in [0.4, 0.5) is 0 Å². The van der Waals surface area contributed by atoms with Crippen molar-refractivity contribution in [1.29, 1.82) is 10.5 Å². The lowest BCUT2D eigenvalue weighted by Gasteiger charge is -2.37. The predicted molar refractivity (Wildman–Crippen MR) is 361 cm³/mol. The highest BCUT2D eigenvalue weighted by atomic mass is 79.9. The van der Waals surface area contributed by atoms with Gasteiger partial charge in [-0.05, 0) is 92.6 Å². The average molecular weight is 1410 g/mol. The minimum absolute atomic E-state index is 0. The van der Waals surface area contributed by atoms with Gasteiger partial charge in [-0.15, -0.1) is 0 Å². The molecule has 4 amide bonds. The van der Waals surface area contributed by atoms with Gasteiger partial charge in [-0.1, -0.05) is 94.3 Å². The van der Waals surface area contributed by atoms with Gasteiger partial charge in [0.1, 0.15) is 62.6 Å². The van der Waals surface area contributed by atoms with Crippen LogP contribution in [-0.4, -0.2) is 161 Å². The number of aromatic nitrogens is 10. The number of nitriles is 2. The first-order chi connectivity index (χ1) is 42.3. The van der Waals surface area contributed by atoms with Gasteiger partial charge in [0, 0.05) is 92.2 Å². The number of amides is 4. The van der Waals surface area contributed by atoms with Crippen molar-refractivity contribution in [3.05, 3.63) is 87.5 Å². The number of nitrogens with one attached hydrogen (secondary N) is 3. The van der Waals surface area contributed by atoms with Crippen LogP contribution < -0.4 is 10.6 Å². The maximum atomic E-state index is 13.5. The summed E-state index contributed by atoms with van der Waals surface area (Å²) in [5, 5.41) is 33.5. The van der Waals surface area contributed by atoms with Crippen LogP contribution in [0.15, 0.2) is 70.8 Å². The number of pyridine rings is 1. The Hall–Kier alpha value is -7.35. The van der Waals surface area contributed by atoms with E-state index in [1.807, 2.05) is 59.7 Å². The molecular weight excluding hydrogens is 1320 g/mol. The number of halogens is 2. The number of aromatic amines is 1. The summed E-state index contributed by atoms with van der Waals surface area (Å²) in [5.41, 5.74) is 3.78. The van der Waals surface area contributed by atoms with Crippen molar-refractivity contribution in [3.63, 3.8) is 0 Å². The molecule has 488 valence electrons. The minimum Gasteiger partial charge on any atom is -0.478 e. The van der Waals surface area contributed by atoms with Gasteiger partial charge in [0.05, 0.1) is 47.5 Å². The van der Waals surface area contributed by atoms with E-state index in [0.717, 1.165) is 12.1 Å². The van der Waals surface area contributed by atoms with Gasteiger partial charge in [0.2, 0.25) is 11.8 Å². The fourth-order valence-corrected chi connectivity index (χ4v) is 12.0. The maximum absolute atomic E-state index is 13.5. The number of ether oxygens (including phenoxy) is 2. The second kappa shape index (κ2) is 31.3. The van der Waals surface area contributed by atoms with Crippen LogP contribution in [-0.2, 0) is 32.5 Å². The van der Waals surface area contributed by atoms with Crippen LogP contribution in [0.25, 0.3) is 44.9 Å². The molecule has 2 aliphatic rings. The molecule has 7 aromatic heterocycles. The summed E-state index contributed by atoms with van der Waals surface area (Å²) in [6, 6.07) is 10.7. The lowest BCUT2D eigenvalue weighted by Crippen LogP contribution is -2.56. The number of hydrogen-bond donors (Lipinski definition) is 4. The number of carbonyl (C=O) groups is 5. The molecule has 0 aliphatic carbocycles. The molecule has 4 N–H and O–H groups in total. The highest BCUT2D eigenvalue weighted by molar-refractivity contribution is 9.10. The van der Waals surface area contributed by atoms with Gasteiger partial charge >= 0.3 is 5.97 Å². The van der Waals surface area contributed by atoms with Gasteiger partial charge in [-0.2, -0.15) is 10.5 Å². The van der Waals surface area contributed by atoms with Crippen molar-refractivity contribution in [3.8, 4) is 23.5 Å². The Bertz CT molecular complexity index is 3770. The molecule has 28 heteroatoms. The largest absolute Gasteiger partial charge is 0.478 e. The van der Waals surface area contributed by atoms with E-state index in [-0.39, 0.29) is 56.0 Å². The van der Waals surface area contributed by atoms with Crippen LogP contribution in [0.5, 0.6) is 0 Å². The van der Waals surface area contributed by atoms with Gasteiger partial charge in [0.25, 0.3) is 11.8 Å². The van der Waals surface area contributed by atoms with Crippen molar-refractivity contribution < 1.29 is 38.6 Å². The molecule has 0 aromatic carbocycles. The molecule has 2 fully saturated rings. The second-order valence-electron chi connectivity index (χ2n) is 27.1. The molecule has 2 saturated heterocycles. The summed E-state index contributed by atoms with van der Waals surface area (Å²) in [6.07, 6.45) is 13.8. The van der Waals surface area contributed by atoms with Crippen molar-refractivity contribution >= 4 is 111 Å². The Balaban J connectivity index is 0.000000223. The molecule has 24 nitrogen and oxygen atoms in total. The highest BCUT2D eigenvalue weighted by Gasteiger charge is 2.39. The molecule has 9 rings (SSSR count). The molecule has 2 atom stereocenters. The third kappa shape index (κ3) is 19.8. The highest BCUT2D eigenvalue weighted by Crippen LogP contribution is 2.29. The molecular formula is C63H86Br2N16O8Si2. The van der Waals surface area contributed by atoms with Gasteiger partial charge in [-0.3, -0.25) is 24.2 Å². The van der Waals surface area contributed by atoms with Crippen molar-refractivity contribution in [2.45, 2.75) is 152 Å². The SMILES string of the molecule is C.CC(C)(C)[C@@H](NC(=O)c1c[nH]c2ncc(-c3ccccn3)nc12)C(=O)N1CCC(C#N)CC1.CC(C)(C)[C@@H](NC(=O)c1cn(COCC[Si](C)(C)C)c2ncc(Br)nc12)C(=O)N1CCC(C#N)CC1.C[Si](C)(C)CCOCn1cc(C(=O)O)c2nc(Br)cnc21. The van der Waals surface area contributed by atoms with E-state index in [4.69, 9.17) is 14.7 Å². The molecule has 9 heterocycles. The summed E-state index contributed by atoms with van der Waals surface area (Å²) >= 11 is 6.56. The van der Waals surface area contributed by atoms with Crippen LogP contribution in [0.2, 0.25) is 51.4 Å². The minimum atomic E-state index is -1.22. The molecule has 7 aromatic rings. The number of carboxylic acids is 1. The molecule has 2 aliphatic heterocycles. The summed E-state index contributed by atoms with van der Waals surface area (Å²) in [5.74, 6) is -2.09. The Morgan fingerprint density at radius 1 is 0.648 bits per heavy atom. The molecule has 0 spiro atoms. The van der Waals surface area contributed by atoms with Crippen LogP contribution in [0.3, 0.4) is 0 Å². The van der Waals surface area contributed by atoms with Gasteiger partial charge < -0.3 is 49.1 Å². The van der Waals surface area contributed by atoms with Gasteiger partial charge in [-0.25, -0.2) is 34.7 Å². The zero-order valence-corrected chi connectivity index (χ0v) is 58.5. The number of carbonyl (C=O) groups excluding carboxylic acids is 4. The maximum Gasteiger partial charge on any atom is 0.339 e. The number of H-pyrrole nitrogens is 1. The quantitative estimate of drug-likeness (QED) is 0.0458. The summed E-state index contributed by atoms with van der Waals surface area (Å²) < 4.78 is 16.1. The first kappa shape index (κ1) is 72.7. The third-order valence-corrected chi connectivity index (χ3v) is 19.5. The average Bonchev–Trinajstić information content (AvgIpc) is 1.73. The van der Waals surface area contributed by atoms with E-state index in [2.05, 4.69) is 134 Å². The van der Waals surface area contributed by atoms with Gasteiger partial charge in [0.15, 0.2) is 16.9 Å². The van der Waals surface area contributed by atoms with Crippen LogP contribution >= 0.6 is 31.9 Å². The molecule has 0 saturated carbocycles. The molecule has 0 radical (unpaired) electrons. The Morgan fingerprint density at radius 2 is 1.10 bits per heavy atom. The first-order valence-corrected chi connectivity index (χ1v) is 39.0. The zero-order valence-electron chi connectivity index (χ0n) is 53.4. The topological polar surface area (TPSA) is 318 Å². The number of likely N-dealkylation sites (tertiary alicyclic amines) is 2. The molecule has 0 unspecified atom stereocenters. The second-order valence-corrected chi connectivity index (χ2v) is 40.0. The summed E-state index contributed by atoms with van der Waals surface area (Å²) in [7, 11) is -2.35. The summed E-state index contributed by atoms with van der Waals surface area (Å²) in [4.78, 5) is 102. The molecule has 91 heavy (non-hydrogen) atoms. The van der Waals surface area contributed by atoms with Crippen molar-refractivity contribution in [1.82, 2.24) is 69.4 Å². The zero-order chi connectivity index (χ0) is 65.9. The Labute approximate surface area is 551 Å². The third-order valence-electron chi connectivity index (χ3n) is 15.3. The normalized spacial score (nSPS) is 14.9. The number of aromatic carboxylic acids is 1. The van der Waals surface area contributed by atoms with Crippen LogP contribution in [0, 0.1) is 45.3 Å². The van der Waals surface area contributed by atoms with Crippen molar-refractivity contribution in [2.75, 3.05) is 39.4 Å². The van der Waals surface area contributed by atoms with E-state index in [9.17, 15) is 34.3 Å². The number of piperidine rings is 2. The Kier molecular flexibility index (Phi) is 25.0. The van der Waals surface area contributed by atoms with E-state index < -0.39 is 50.9 Å². The number of rotatable bonds is 18. The number of nitrogens with zero attached hydrogens (tertiary/aromatic N) is 13. The van der Waals surface area contributed by atoms with E-state index in [1.54, 1.807) is 56.1 Å². The molecule has 0 bridgehead atoms. The lowest BCUT2D eigenvalue weighted by molar-refractivity contribution is -0.137. The monoisotopic (exact) mass is 1410 g/mol. The fraction of sp³-hybridized carbons (Fsp3) is 0.524. The van der Waals surface area contributed by atoms with E-state index in [1.165, 1.54) is 6.20 Å². The lowest BCUT2D eigenvalue weighted by atomic mass is 9.85. The standard InChI is InChI=1S/C25H37BrN6O3Si.C24H27N7O2.C13H18BrN3O3Si.CH4/c1-25(2,3)21(24(34)31-9-7-17(13-27)8-10-31)30-23(33)18-15-32(16-35-11-12-36(4,5)6)22-20(18)29-19(26)14-28-22;1-24(2,3)20(23(33)31-10-7-15(12-25)8-11-31)30-22(32)16-13-27-21-19(16)29-18(14-28-21)17-6-4-5-9-26-17;1-21(2,3)5-4-20-8-17-7-9(13(18)19)11-12(17)15-6-10(14)16-11;/h14-15,17,21H,7-12,16H2,1-6H3,(H,30,33);4-6,9,13-15,20H,7-8,10-11H2,1-3H3,(H,27,28)(H,30,32);6-7H,4-5,8H2,1-3H3,(H,18,19);1H4/t21-;20-;;/m00../s1. The summed E-state index contributed by atoms with van der Waals surface area (Å²) in [6.45, 7) is 29.3. The number of carboxylic acid groups (broad SMARTS) is 1. The first-order valence-electron chi connectivity index (χ1n) is 30.0. The smallest absolute Gasteiger partial charge is 0.339 e. The predicted octanol–water partition coefficient (Wildman–Crippen LogP) is 11.2. The van der Waals surface area contributed by atoms with Crippen molar-refractivity contribution in [2.24, 2.45) is 22.7 Å². The number of hydrogen-bond acceptors (Lipinski definition) is 16.